The largest absolute Gasteiger partial charge is 0.340 e. The SMILES string of the molecule is CC(C)[C@@H](NC(=O)NC(=O)c1ccccc1)C(=O)N1CCC(c2ccc(Cl)cc2)C(C)(C)C1. The van der Waals surface area contributed by atoms with Gasteiger partial charge in [0.2, 0.25) is 5.91 Å². The molecule has 2 aromatic rings. The van der Waals surface area contributed by atoms with Crippen LogP contribution in [0.3, 0.4) is 0 Å². The number of urea groups is 1. The summed E-state index contributed by atoms with van der Waals surface area (Å²) in [6.07, 6.45) is 0.823. The first-order valence-corrected chi connectivity index (χ1v) is 11.7. The molecule has 0 aliphatic carbocycles. The van der Waals surface area contributed by atoms with Crippen LogP contribution in [0.5, 0.6) is 0 Å². The summed E-state index contributed by atoms with van der Waals surface area (Å²) in [6.45, 7) is 9.27. The highest BCUT2D eigenvalue weighted by Crippen LogP contribution is 2.42. The third-order valence-corrected chi connectivity index (χ3v) is 6.55. The van der Waals surface area contributed by atoms with E-state index in [9.17, 15) is 14.4 Å². The van der Waals surface area contributed by atoms with Crippen LogP contribution >= 0.6 is 11.6 Å². The fraction of sp³-hybridized carbons (Fsp3) is 0.423. The first kappa shape index (κ1) is 24.8. The zero-order valence-corrected chi connectivity index (χ0v) is 20.4. The molecule has 0 radical (unpaired) electrons. The standard InChI is InChI=1S/C26H32ClN3O3/c1-17(2)22(28-25(33)29-23(31)19-8-6-5-7-9-19)24(32)30-15-14-21(26(3,4)16-30)18-10-12-20(27)13-11-18/h5-13,17,21-22H,14-16H2,1-4H3,(H2,28,29,31,33)/t21?,22-/m1/s1. The number of carbonyl (C=O) groups excluding carboxylic acids is 3. The minimum atomic E-state index is -0.726. The Labute approximate surface area is 200 Å². The molecule has 1 aliphatic heterocycles. The van der Waals surface area contributed by atoms with Crippen molar-refractivity contribution in [2.75, 3.05) is 13.1 Å². The zero-order chi connectivity index (χ0) is 24.2. The summed E-state index contributed by atoms with van der Waals surface area (Å²) in [5.74, 6) is -0.467. The average Bonchev–Trinajstić information content (AvgIpc) is 2.77. The molecule has 2 N–H and O–H groups in total. The molecule has 0 spiro atoms. The summed E-state index contributed by atoms with van der Waals surface area (Å²) in [6, 6.07) is 15.0. The number of rotatable bonds is 5. The molecular formula is C26H32ClN3O3. The molecule has 1 saturated heterocycles. The molecule has 0 saturated carbocycles. The third kappa shape index (κ3) is 6.14. The van der Waals surface area contributed by atoms with Crippen molar-refractivity contribution in [2.45, 2.75) is 46.1 Å². The maximum atomic E-state index is 13.4. The quantitative estimate of drug-likeness (QED) is 0.657. The molecule has 3 rings (SSSR count). The first-order chi connectivity index (χ1) is 15.6. The van der Waals surface area contributed by atoms with Crippen molar-refractivity contribution >= 4 is 29.4 Å². The number of piperidine rings is 1. The first-order valence-electron chi connectivity index (χ1n) is 11.3. The molecule has 0 aromatic heterocycles. The topological polar surface area (TPSA) is 78.5 Å². The fourth-order valence-corrected chi connectivity index (χ4v) is 4.64. The number of nitrogens with one attached hydrogen (secondary N) is 2. The number of amides is 4. The van der Waals surface area contributed by atoms with Crippen LogP contribution < -0.4 is 10.6 Å². The average molecular weight is 470 g/mol. The van der Waals surface area contributed by atoms with Gasteiger partial charge >= 0.3 is 6.03 Å². The number of imide groups is 1. The molecule has 4 amide bonds. The highest BCUT2D eigenvalue weighted by Gasteiger charge is 2.40. The van der Waals surface area contributed by atoms with Crippen molar-refractivity contribution in [3.05, 3.63) is 70.7 Å². The van der Waals surface area contributed by atoms with E-state index in [1.807, 2.05) is 30.9 Å². The lowest BCUT2D eigenvalue weighted by atomic mass is 9.70. The van der Waals surface area contributed by atoms with Crippen molar-refractivity contribution in [3.8, 4) is 0 Å². The van der Waals surface area contributed by atoms with Gasteiger partial charge in [-0.15, -0.1) is 0 Å². The van der Waals surface area contributed by atoms with Crippen molar-refractivity contribution in [1.82, 2.24) is 15.5 Å². The van der Waals surface area contributed by atoms with E-state index in [2.05, 4.69) is 36.6 Å². The minimum absolute atomic E-state index is 0.130. The van der Waals surface area contributed by atoms with E-state index < -0.39 is 18.0 Å². The molecule has 176 valence electrons. The van der Waals surface area contributed by atoms with E-state index in [4.69, 9.17) is 11.6 Å². The van der Waals surface area contributed by atoms with Gasteiger partial charge in [-0.2, -0.15) is 0 Å². The molecule has 0 bridgehead atoms. The van der Waals surface area contributed by atoms with Gasteiger partial charge in [0.15, 0.2) is 0 Å². The van der Waals surface area contributed by atoms with Crippen molar-refractivity contribution < 1.29 is 14.4 Å². The molecule has 1 heterocycles. The highest BCUT2D eigenvalue weighted by molar-refractivity contribution is 6.30. The lowest BCUT2D eigenvalue weighted by Gasteiger charge is -2.45. The normalized spacial score (nSPS) is 18.5. The smallest absolute Gasteiger partial charge is 0.322 e. The van der Waals surface area contributed by atoms with Crippen molar-refractivity contribution in [2.24, 2.45) is 11.3 Å². The number of hydrogen-bond donors (Lipinski definition) is 2. The van der Waals surface area contributed by atoms with Crippen LogP contribution in [0.15, 0.2) is 54.6 Å². The predicted octanol–water partition coefficient (Wildman–Crippen LogP) is 4.85. The summed E-state index contributed by atoms with van der Waals surface area (Å²) >= 11 is 6.05. The minimum Gasteiger partial charge on any atom is -0.340 e. The van der Waals surface area contributed by atoms with Crippen LogP contribution in [0, 0.1) is 11.3 Å². The van der Waals surface area contributed by atoms with E-state index in [0.29, 0.717) is 29.6 Å². The van der Waals surface area contributed by atoms with Crippen LogP contribution in [-0.4, -0.2) is 41.9 Å². The number of carbonyl (C=O) groups is 3. The van der Waals surface area contributed by atoms with E-state index in [1.54, 1.807) is 30.3 Å². The second kappa shape index (κ2) is 10.4. The van der Waals surface area contributed by atoms with Crippen LogP contribution in [0.1, 0.15) is 56.0 Å². The van der Waals surface area contributed by atoms with Crippen molar-refractivity contribution in [1.29, 1.82) is 0 Å². The van der Waals surface area contributed by atoms with E-state index in [-0.39, 0.29) is 17.2 Å². The summed E-state index contributed by atoms with van der Waals surface area (Å²) < 4.78 is 0. The Morgan fingerprint density at radius 2 is 1.67 bits per heavy atom. The van der Waals surface area contributed by atoms with Gasteiger partial charge in [-0.25, -0.2) is 4.79 Å². The Hall–Kier alpha value is -2.86. The number of hydrogen-bond acceptors (Lipinski definition) is 3. The van der Waals surface area contributed by atoms with Crippen molar-refractivity contribution in [3.63, 3.8) is 0 Å². The van der Waals surface area contributed by atoms with Gasteiger partial charge in [0.25, 0.3) is 5.91 Å². The fourth-order valence-electron chi connectivity index (χ4n) is 4.51. The number of likely N-dealkylation sites (tertiary alicyclic amines) is 1. The van der Waals surface area contributed by atoms with Crippen LogP contribution in [-0.2, 0) is 4.79 Å². The number of nitrogens with zero attached hydrogens (tertiary/aromatic N) is 1. The maximum Gasteiger partial charge on any atom is 0.322 e. The van der Waals surface area contributed by atoms with Crippen LogP contribution in [0.4, 0.5) is 4.79 Å². The van der Waals surface area contributed by atoms with E-state index in [1.165, 1.54) is 5.56 Å². The molecule has 1 fully saturated rings. The summed E-state index contributed by atoms with van der Waals surface area (Å²) in [5, 5.41) is 5.74. The Morgan fingerprint density at radius 1 is 1.03 bits per heavy atom. The lowest BCUT2D eigenvalue weighted by molar-refractivity contribution is -0.137. The molecule has 1 unspecified atom stereocenters. The van der Waals surface area contributed by atoms with Gasteiger partial charge < -0.3 is 10.2 Å². The van der Waals surface area contributed by atoms with Gasteiger partial charge in [0, 0.05) is 23.7 Å². The molecular weight excluding hydrogens is 438 g/mol. The van der Waals surface area contributed by atoms with Gasteiger partial charge in [-0.1, -0.05) is 69.6 Å². The third-order valence-electron chi connectivity index (χ3n) is 6.30. The molecule has 2 aromatic carbocycles. The Bertz CT molecular complexity index is 990. The predicted molar refractivity (Wildman–Crippen MR) is 130 cm³/mol. The van der Waals surface area contributed by atoms with Gasteiger partial charge in [0.1, 0.15) is 6.04 Å². The molecule has 2 atom stereocenters. The summed E-state index contributed by atoms with van der Waals surface area (Å²) in [5.41, 5.74) is 1.45. The summed E-state index contributed by atoms with van der Waals surface area (Å²) in [4.78, 5) is 40.0. The Balaban J connectivity index is 1.65. The number of benzene rings is 2. The Morgan fingerprint density at radius 3 is 2.24 bits per heavy atom. The second-order valence-corrected chi connectivity index (χ2v) is 10.1. The van der Waals surface area contributed by atoms with Gasteiger partial charge in [0.05, 0.1) is 0 Å². The maximum absolute atomic E-state index is 13.4. The highest BCUT2D eigenvalue weighted by atomic mass is 35.5. The molecule has 6 nitrogen and oxygen atoms in total. The molecule has 33 heavy (non-hydrogen) atoms. The van der Waals surface area contributed by atoms with Crippen LogP contribution in [0.2, 0.25) is 5.02 Å². The lowest BCUT2D eigenvalue weighted by Crippen LogP contribution is -2.57. The zero-order valence-electron chi connectivity index (χ0n) is 19.6. The molecule has 7 heteroatoms. The monoisotopic (exact) mass is 469 g/mol. The second-order valence-electron chi connectivity index (χ2n) is 9.66. The van der Waals surface area contributed by atoms with E-state index in [0.717, 1.165) is 6.42 Å². The number of halogens is 1. The van der Waals surface area contributed by atoms with E-state index >= 15 is 0 Å². The Kier molecular flexibility index (Phi) is 7.80. The summed E-state index contributed by atoms with van der Waals surface area (Å²) in [7, 11) is 0. The molecule has 1 aliphatic rings. The van der Waals surface area contributed by atoms with Gasteiger partial charge in [-0.3, -0.25) is 14.9 Å². The van der Waals surface area contributed by atoms with Crippen LogP contribution in [0.25, 0.3) is 0 Å². The van der Waals surface area contributed by atoms with Gasteiger partial charge in [-0.05, 0) is 53.5 Å².